The van der Waals surface area contributed by atoms with Gasteiger partial charge in [0.05, 0.1) is 5.84 Å². The maximum absolute atomic E-state index is 3.99. The van der Waals surface area contributed by atoms with Gasteiger partial charge in [0.25, 0.3) is 0 Å². The van der Waals surface area contributed by atoms with Crippen molar-refractivity contribution in [3.63, 3.8) is 0 Å². The van der Waals surface area contributed by atoms with Gasteiger partial charge in [0.15, 0.2) is 0 Å². The number of aryl methyl sites for hydroxylation is 1. The predicted molar refractivity (Wildman–Crippen MR) is 78.4 cm³/mol. The second kappa shape index (κ2) is 6.58. The van der Waals surface area contributed by atoms with Crippen molar-refractivity contribution in [3.8, 4) is 0 Å². The molecular weight excluding hydrogens is 220 g/mol. The highest BCUT2D eigenvalue weighted by Crippen LogP contribution is 2.30. The first-order chi connectivity index (χ1) is 8.81. The highest BCUT2D eigenvalue weighted by Gasteiger charge is 2.14. The molecular formula is C16H24N2. The Balaban J connectivity index is 0.000000149. The molecule has 1 aromatic carbocycles. The zero-order valence-electron chi connectivity index (χ0n) is 11.6. The first-order valence-electron chi connectivity index (χ1n) is 7.08. The lowest BCUT2D eigenvalue weighted by Gasteiger charge is -2.21. The van der Waals surface area contributed by atoms with E-state index in [-0.39, 0.29) is 0 Å². The van der Waals surface area contributed by atoms with Crippen LogP contribution in [-0.2, 0) is 6.42 Å². The van der Waals surface area contributed by atoms with Crippen LogP contribution in [0.3, 0.4) is 0 Å². The van der Waals surface area contributed by atoms with Crippen LogP contribution in [0.5, 0.6) is 0 Å². The normalized spacial score (nSPS) is 23.9. The van der Waals surface area contributed by atoms with Crippen LogP contribution in [0.2, 0.25) is 0 Å². The molecule has 1 atom stereocenters. The zero-order valence-corrected chi connectivity index (χ0v) is 11.6. The van der Waals surface area contributed by atoms with Gasteiger partial charge in [-0.05, 0) is 42.7 Å². The lowest BCUT2D eigenvalue weighted by Crippen LogP contribution is -2.13. The fraction of sp³-hybridized carbons (Fsp3) is 0.562. The molecule has 0 radical (unpaired) electrons. The van der Waals surface area contributed by atoms with Crippen molar-refractivity contribution < 1.29 is 0 Å². The van der Waals surface area contributed by atoms with E-state index in [4.69, 9.17) is 0 Å². The monoisotopic (exact) mass is 244 g/mol. The number of nitrogens with one attached hydrogen (secondary N) is 1. The molecule has 1 fully saturated rings. The SMILES string of the molecule is CC1CCCc2ccccc21.CN=C1CCCN1. The summed E-state index contributed by atoms with van der Waals surface area (Å²) in [6.45, 7) is 3.45. The molecule has 1 aliphatic heterocycles. The topological polar surface area (TPSA) is 24.4 Å². The molecule has 0 amide bonds. The van der Waals surface area contributed by atoms with Gasteiger partial charge in [-0.15, -0.1) is 0 Å². The van der Waals surface area contributed by atoms with E-state index in [1.165, 1.54) is 31.5 Å². The van der Waals surface area contributed by atoms with E-state index in [9.17, 15) is 0 Å². The molecule has 1 unspecified atom stereocenters. The average molecular weight is 244 g/mol. The molecule has 18 heavy (non-hydrogen) atoms. The van der Waals surface area contributed by atoms with Gasteiger partial charge in [0.1, 0.15) is 0 Å². The quantitative estimate of drug-likeness (QED) is 0.742. The standard InChI is InChI=1S/C11H14.C5H10N2/c1-9-5-4-7-10-6-2-3-8-11(9)10;1-6-5-3-2-4-7-5/h2-3,6,8-9H,4-5,7H2,1H3;2-4H2,1H3,(H,6,7). The maximum atomic E-state index is 3.99. The largest absolute Gasteiger partial charge is 0.374 e. The molecule has 0 aromatic heterocycles. The van der Waals surface area contributed by atoms with Crippen molar-refractivity contribution in [2.75, 3.05) is 13.6 Å². The van der Waals surface area contributed by atoms with Crippen molar-refractivity contribution in [1.82, 2.24) is 5.32 Å². The molecule has 2 aliphatic rings. The Labute approximate surface area is 111 Å². The van der Waals surface area contributed by atoms with Crippen LogP contribution in [-0.4, -0.2) is 19.4 Å². The van der Waals surface area contributed by atoms with Crippen molar-refractivity contribution in [1.29, 1.82) is 0 Å². The minimum absolute atomic E-state index is 0.792. The third-order valence-electron chi connectivity index (χ3n) is 3.86. The van der Waals surface area contributed by atoms with Gasteiger partial charge in [-0.1, -0.05) is 31.2 Å². The highest BCUT2D eigenvalue weighted by atomic mass is 15.0. The Morgan fingerprint density at radius 2 is 2.00 bits per heavy atom. The minimum atomic E-state index is 0.792. The average Bonchev–Trinajstić information content (AvgIpc) is 2.93. The summed E-state index contributed by atoms with van der Waals surface area (Å²) in [5, 5.41) is 3.16. The Bertz CT molecular complexity index is 401. The zero-order chi connectivity index (χ0) is 12.8. The Hall–Kier alpha value is -1.31. The van der Waals surface area contributed by atoms with Gasteiger partial charge in [-0.2, -0.15) is 0 Å². The van der Waals surface area contributed by atoms with Gasteiger partial charge in [-0.3, -0.25) is 4.99 Å². The van der Waals surface area contributed by atoms with E-state index >= 15 is 0 Å². The van der Waals surface area contributed by atoms with Crippen molar-refractivity contribution >= 4 is 5.84 Å². The van der Waals surface area contributed by atoms with Crippen LogP contribution < -0.4 is 5.32 Å². The van der Waals surface area contributed by atoms with Crippen LogP contribution in [0, 0.1) is 0 Å². The summed E-state index contributed by atoms with van der Waals surface area (Å²) in [5.41, 5.74) is 3.16. The summed E-state index contributed by atoms with van der Waals surface area (Å²) in [6, 6.07) is 8.85. The first kappa shape index (κ1) is 13.1. The van der Waals surface area contributed by atoms with Crippen LogP contribution in [0.15, 0.2) is 29.3 Å². The third kappa shape index (κ3) is 3.34. The number of benzene rings is 1. The number of hydrogen-bond acceptors (Lipinski definition) is 1. The number of fused-ring (bicyclic) bond motifs is 1. The van der Waals surface area contributed by atoms with Crippen molar-refractivity contribution in [3.05, 3.63) is 35.4 Å². The summed E-state index contributed by atoms with van der Waals surface area (Å²) < 4.78 is 0. The predicted octanol–water partition coefficient (Wildman–Crippen LogP) is 3.52. The van der Waals surface area contributed by atoms with Crippen LogP contribution in [0.1, 0.15) is 49.7 Å². The summed E-state index contributed by atoms with van der Waals surface area (Å²) >= 11 is 0. The van der Waals surface area contributed by atoms with Crippen LogP contribution in [0.25, 0.3) is 0 Å². The van der Waals surface area contributed by atoms with E-state index < -0.39 is 0 Å². The molecule has 1 heterocycles. The number of amidine groups is 1. The summed E-state index contributed by atoms with van der Waals surface area (Å²) in [7, 11) is 1.83. The molecule has 98 valence electrons. The molecule has 2 nitrogen and oxygen atoms in total. The molecule has 0 saturated carbocycles. The van der Waals surface area contributed by atoms with Crippen LogP contribution in [0.4, 0.5) is 0 Å². The van der Waals surface area contributed by atoms with Crippen LogP contribution >= 0.6 is 0 Å². The van der Waals surface area contributed by atoms with E-state index in [1.54, 1.807) is 11.1 Å². The molecule has 1 saturated heterocycles. The Morgan fingerprint density at radius 1 is 1.17 bits per heavy atom. The molecule has 1 N–H and O–H groups in total. The Morgan fingerprint density at radius 3 is 2.61 bits per heavy atom. The first-order valence-corrected chi connectivity index (χ1v) is 7.08. The number of hydrogen-bond donors (Lipinski definition) is 1. The molecule has 3 rings (SSSR count). The maximum Gasteiger partial charge on any atom is 0.0960 e. The number of nitrogens with zero attached hydrogens (tertiary/aromatic N) is 1. The van der Waals surface area contributed by atoms with Gasteiger partial charge in [0, 0.05) is 20.0 Å². The third-order valence-corrected chi connectivity index (χ3v) is 3.86. The Kier molecular flexibility index (Phi) is 4.80. The molecule has 0 spiro atoms. The smallest absolute Gasteiger partial charge is 0.0960 e. The fourth-order valence-electron chi connectivity index (χ4n) is 2.76. The molecule has 0 bridgehead atoms. The summed E-state index contributed by atoms with van der Waals surface area (Å²) in [6.07, 6.45) is 6.44. The molecule has 1 aromatic rings. The molecule has 2 heteroatoms. The second-order valence-electron chi connectivity index (χ2n) is 5.19. The van der Waals surface area contributed by atoms with E-state index in [0.29, 0.717) is 0 Å². The lowest BCUT2D eigenvalue weighted by molar-refractivity contribution is 0.590. The van der Waals surface area contributed by atoms with Crippen molar-refractivity contribution in [2.24, 2.45) is 4.99 Å². The van der Waals surface area contributed by atoms with Crippen molar-refractivity contribution in [2.45, 2.75) is 44.9 Å². The van der Waals surface area contributed by atoms with Gasteiger partial charge >= 0.3 is 0 Å². The van der Waals surface area contributed by atoms with Gasteiger partial charge in [0.2, 0.25) is 0 Å². The van der Waals surface area contributed by atoms with Gasteiger partial charge < -0.3 is 5.32 Å². The van der Waals surface area contributed by atoms with E-state index in [0.717, 1.165) is 18.9 Å². The summed E-state index contributed by atoms with van der Waals surface area (Å²) in [5.74, 6) is 1.96. The molecule has 1 aliphatic carbocycles. The summed E-state index contributed by atoms with van der Waals surface area (Å²) in [4.78, 5) is 3.99. The number of aliphatic imine (C=N–C) groups is 1. The van der Waals surface area contributed by atoms with E-state index in [2.05, 4.69) is 41.5 Å². The second-order valence-corrected chi connectivity index (χ2v) is 5.19. The van der Waals surface area contributed by atoms with Gasteiger partial charge in [-0.25, -0.2) is 0 Å². The van der Waals surface area contributed by atoms with E-state index in [1.807, 2.05) is 7.05 Å². The number of rotatable bonds is 0. The minimum Gasteiger partial charge on any atom is -0.374 e. The fourth-order valence-corrected chi connectivity index (χ4v) is 2.76. The highest BCUT2D eigenvalue weighted by molar-refractivity contribution is 5.83. The lowest BCUT2D eigenvalue weighted by atomic mass is 9.84.